The van der Waals surface area contributed by atoms with Crippen LogP contribution >= 0.6 is 0 Å². The van der Waals surface area contributed by atoms with E-state index in [0.29, 0.717) is 26.1 Å². The molecule has 29 heavy (non-hydrogen) atoms. The quantitative estimate of drug-likeness (QED) is 0.650. The lowest BCUT2D eigenvalue weighted by Crippen LogP contribution is -2.33. The van der Waals surface area contributed by atoms with Gasteiger partial charge in [-0.1, -0.05) is 0 Å². The van der Waals surface area contributed by atoms with Crippen LogP contribution in [-0.2, 0) is 27.5 Å². The van der Waals surface area contributed by atoms with Crippen molar-refractivity contribution in [1.82, 2.24) is 9.55 Å². The summed E-state index contributed by atoms with van der Waals surface area (Å²) in [6.07, 6.45) is -3.34. The van der Waals surface area contributed by atoms with Crippen molar-refractivity contribution in [3.8, 4) is 0 Å². The zero-order valence-electron chi connectivity index (χ0n) is 15.9. The Hall–Kier alpha value is -2.21. The maximum atomic E-state index is 13.6. The molecule has 1 aliphatic heterocycles. The zero-order valence-corrected chi connectivity index (χ0v) is 16.7. The first-order valence-corrected chi connectivity index (χ1v) is 10.5. The third-order valence-electron chi connectivity index (χ3n) is 5.09. The standard InChI is InChI=1S/C17H21F3N4O4S/c1-11(22-25)29(26,27)23(2)13-3-4-15-14(9-13)21-16(17(18,19)20)24(15)10-12-5-7-28-8-6-12/h3-4,9,11-12H,5-8,10H2,1-2H3. The largest absolute Gasteiger partial charge is 0.449 e. The van der Waals surface area contributed by atoms with Gasteiger partial charge in [-0.15, -0.1) is 4.91 Å². The van der Waals surface area contributed by atoms with E-state index >= 15 is 0 Å². The number of rotatable bonds is 6. The fourth-order valence-corrected chi connectivity index (χ4v) is 4.31. The van der Waals surface area contributed by atoms with Crippen LogP contribution in [0.2, 0.25) is 0 Å². The lowest BCUT2D eigenvalue weighted by atomic mass is 10.0. The Kier molecular flexibility index (Phi) is 5.86. The van der Waals surface area contributed by atoms with Gasteiger partial charge in [0.1, 0.15) is 0 Å². The van der Waals surface area contributed by atoms with Gasteiger partial charge in [-0.25, -0.2) is 13.4 Å². The van der Waals surface area contributed by atoms with E-state index in [1.54, 1.807) is 0 Å². The number of alkyl halides is 3. The lowest BCUT2D eigenvalue weighted by molar-refractivity contribution is -0.147. The number of nitrogens with zero attached hydrogens (tertiary/aromatic N) is 4. The number of ether oxygens (including phenoxy) is 1. The van der Waals surface area contributed by atoms with E-state index in [-0.39, 0.29) is 29.2 Å². The molecule has 0 saturated carbocycles. The van der Waals surface area contributed by atoms with E-state index in [1.807, 2.05) is 0 Å². The van der Waals surface area contributed by atoms with Crippen molar-refractivity contribution >= 4 is 26.7 Å². The molecule has 1 fully saturated rings. The molecule has 1 aliphatic rings. The number of imidazole rings is 1. The van der Waals surface area contributed by atoms with Crippen molar-refractivity contribution in [2.75, 3.05) is 24.6 Å². The average molecular weight is 434 g/mol. The van der Waals surface area contributed by atoms with E-state index < -0.39 is 27.4 Å². The Morgan fingerprint density at radius 3 is 2.59 bits per heavy atom. The lowest BCUT2D eigenvalue weighted by Gasteiger charge is -2.24. The molecular weight excluding hydrogens is 413 g/mol. The molecule has 0 N–H and O–H groups in total. The van der Waals surface area contributed by atoms with Crippen molar-refractivity contribution in [2.45, 2.75) is 37.9 Å². The SMILES string of the molecule is CC(N=O)S(=O)(=O)N(C)c1ccc2c(c1)nc(C(F)(F)F)n2CC1CCOCC1. The first-order valence-electron chi connectivity index (χ1n) is 9.01. The molecule has 0 radical (unpaired) electrons. The monoisotopic (exact) mass is 434 g/mol. The van der Waals surface area contributed by atoms with E-state index in [4.69, 9.17) is 4.74 Å². The number of nitroso groups, excluding NO2 is 1. The molecule has 1 unspecified atom stereocenters. The minimum absolute atomic E-state index is 0.0237. The molecule has 3 rings (SSSR count). The van der Waals surface area contributed by atoms with Crippen LogP contribution in [0.4, 0.5) is 18.9 Å². The predicted molar refractivity (Wildman–Crippen MR) is 101 cm³/mol. The molecule has 2 heterocycles. The summed E-state index contributed by atoms with van der Waals surface area (Å²) in [5, 5.41) is 0.998. The van der Waals surface area contributed by atoms with Crippen LogP contribution in [-0.4, -0.2) is 43.6 Å². The maximum absolute atomic E-state index is 13.6. The van der Waals surface area contributed by atoms with Gasteiger partial charge in [0.15, 0.2) is 0 Å². The molecule has 8 nitrogen and oxygen atoms in total. The van der Waals surface area contributed by atoms with Gasteiger partial charge >= 0.3 is 6.18 Å². The molecular formula is C17H21F3N4O4S. The number of anilines is 1. The van der Waals surface area contributed by atoms with Gasteiger partial charge in [-0.2, -0.15) is 13.2 Å². The summed E-state index contributed by atoms with van der Waals surface area (Å²) in [7, 11) is -2.87. The number of hydrogen-bond donors (Lipinski definition) is 0. The summed E-state index contributed by atoms with van der Waals surface area (Å²) in [5.41, 5.74) is 0.382. The topological polar surface area (TPSA) is 93.9 Å². The van der Waals surface area contributed by atoms with Crippen molar-refractivity contribution in [3.63, 3.8) is 0 Å². The van der Waals surface area contributed by atoms with Gasteiger partial charge in [0.05, 0.1) is 16.7 Å². The molecule has 0 bridgehead atoms. The van der Waals surface area contributed by atoms with Crippen LogP contribution in [0.15, 0.2) is 23.4 Å². The Balaban J connectivity index is 2.04. The molecule has 160 valence electrons. The first-order chi connectivity index (χ1) is 13.6. The van der Waals surface area contributed by atoms with Gasteiger partial charge in [-0.3, -0.25) is 4.31 Å². The minimum Gasteiger partial charge on any atom is -0.381 e. The number of aromatic nitrogens is 2. The fourth-order valence-electron chi connectivity index (χ4n) is 3.33. The van der Waals surface area contributed by atoms with Crippen LogP contribution in [0.1, 0.15) is 25.6 Å². The van der Waals surface area contributed by atoms with Crippen LogP contribution in [0.5, 0.6) is 0 Å². The Morgan fingerprint density at radius 1 is 1.34 bits per heavy atom. The summed E-state index contributed by atoms with van der Waals surface area (Å²) >= 11 is 0. The van der Waals surface area contributed by atoms with Crippen molar-refractivity contribution in [1.29, 1.82) is 0 Å². The third-order valence-corrected chi connectivity index (χ3v) is 7.01. The number of hydrogen-bond acceptors (Lipinski definition) is 6. The first kappa shape index (κ1) is 21.5. The third kappa shape index (κ3) is 4.22. The van der Waals surface area contributed by atoms with E-state index in [0.717, 1.165) is 15.8 Å². The van der Waals surface area contributed by atoms with Crippen LogP contribution in [0.25, 0.3) is 11.0 Å². The number of halogens is 3. The summed E-state index contributed by atoms with van der Waals surface area (Å²) in [5.74, 6) is -0.992. The van der Waals surface area contributed by atoms with Crippen molar-refractivity contribution < 1.29 is 26.3 Å². The number of benzene rings is 1. The molecule has 1 saturated heterocycles. The van der Waals surface area contributed by atoms with Crippen LogP contribution in [0.3, 0.4) is 0 Å². The fraction of sp³-hybridized carbons (Fsp3) is 0.588. The number of sulfonamides is 1. The number of fused-ring (bicyclic) bond motifs is 1. The van der Waals surface area contributed by atoms with Gasteiger partial charge in [0.2, 0.25) is 11.2 Å². The van der Waals surface area contributed by atoms with E-state index in [1.165, 1.54) is 25.2 Å². The molecule has 12 heteroatoms. The van der Waals surface area contributed by atoms with Crippen molar-refractivity contribution in [2.24, 2.45) is 11.1 Å². The summed E-state index contributed by atoms with van der Waals surface area (Å²) in [4.78, 5) is 14.4. The highest BCUT2D eigenvalue weighted by molar-refractivity contribution is 7.93. The highest BCUT2D eigenvalue weighted by atomic mass is 32.2. The smallest absolute Gasteiger partial charge is 0.381 e. The van der Waals surface area contributed by atoms with Crippen molar-refractivity contribution in [3.05, 3.63) is 28.9 Å². The van der Waals surface area contributed by atoms with Crippen LogP contribution in [0, 0.1) is 10.8 Å². The molecule has 1 atom stereocenters. The minimum atomic E-state index is -4.65. The van der Waals surface area contributed by atoms with Gasteiger partial charge in [0.25, 0.3) is 10.0 Å². The molecule has 2 aromatic rings. The normalized spacial score (nSPS) is 17.4. The molecule has 0 aliphatic carbocycles. The summed E-state index contributed by atoms with van der Waals surface area (Å²) in [6.45, 7) is 2.29. The second kappa shape index (κ2) is 7.90. The maximum Gasteiger partial charge on any atom is 0.449 e. The predicted octanol–water partition coefficient (Wildman–Crippen LogP) is 3.36. The average Bonchev–Trinajstić information content (AvgIpc) is 3.05. The second-order valence-corrected chi connectivity index (χ2v) is 9.25. The Morgan fingerprint density at radius 2 is 2.00 bits per heavy atom. The summed E-state index contributed by atoms with van der Waals surface area (Å²) < 4.78 is 72.6. The molecule has 0 spiro atoms. The Labute approximate surface area is 165 Å². The molecule has 0 amide bonds. The zero-order chi connectivity index (χ0) is 21.4. The summed E-state index contributed by atoms with van der Waals surface area (Å²) in [6, 6.07) is 4.07. The van der Waals surface area contributed by atoms with Crippen LogP contribution < -0.4 is 4.31 Å². The Bertz CT molecular complexity index is 1000. The highest BCUT2D eigenvalue weighted by Crippen LogP contribution is 2.34. The van der Waals surface area contributed by atoms with Gasteiger partial charge in [0, 0.05) is 26.8 Å². The molecule has 1 aromatic carbocycles. The van der Waals surface area contributed by atoms with Gasteiger partial charge < -0.3 is 9.30 Å². The second-order valence-electron chi connectivity index (χ2n) is 6.99. The van der Waals surface area contributed by atoms with Gasteiger partial charge in [-0.05, 0) is 49.1 Å². The highest BCUT2D eigenvalue weighted by Gasteiger charge is 2.38. The van der Waals surface area contributed by atoms with E-state index in [2.05, 4.69) is 10.2 Å². The molecule has 1 aromatic heterocycles. The van der Waals surface area contributed by atoms with E-state index in [9.17, 15) is 26.5 Å².